The molecule has 3 aliphatic rings. The molecule has 0 bridgehead atoms. The number of halogens is 2. The molecule has 12 heteroatoms. The van der Waals surface area contributed by atoms with E-state index in [-0.39, 0.29) is 13.1 Å². The minimum absolute atomic E-state index is 0.0912. The number of amides is 6. The molecule has 0 aromatic heterocycles. The molecule has 10 nitrogen and oxygen atoms in total. The second-order valence-electron chi connectivity index (χ2n) is 12.9. The highest BCUT2D eigenvalue weighted by Crippen LogP contribution is 2.63. The number of rotatable bonds is 8. The summed E-state index contributed by atoms with van der Waals surface area (Å²) in [6.07, 6.45) is 0. The molecule has 5 aromatic carbocycles. The second-order valence-corrected chi connectivity index (χ2v) is 12.9. The van der Waals surface area contributed by atoms with Crippen molar-refractivity contribution in [3.8, 4) is 0 Å². The Balaban J connectivity index is 1.36. The monoisotopic (exact) mass is 698 g/mol. The summed E-state index contributed by atoms with van der Waals surface area (Å²) in [5.74, 6) is -2.16. The van der Waals surface area contributed by atoms with Gasteiger partial charge in [-0.3, -0.25) is 29.2 Å². The number of nitrogens with one attached hydrogen (secondary N) is 2. The molecule has 3 aliphatic heterocycles. The van der Waals surface area contributed by atoms with Crippen LogP contribution in [0.4, 0.5) is 29.7 Å². The van der Waals surface area contributed by atoms with Crippen molar-refractivity contribution in [1.29, 1.82) is 0 Å². The molecule has 2 saturated heterocycles. The smallest absolute Gasteiger partial charge is 0.325 e. The zero-order valence-corrected chi connectivity index (χ0v) is 27.7. The van der Waals surface area contributed by atoms with Gasteiger partial charge < -0.3 is 10.6 Å². The third-order valence-corrected chi connectivity index (χ3v) is 9.96. The summed E-state index contributed by atoms with van der Waals surface area (Å²) in [6, 6.07) is 35.1. The summed E-state index contributed by atoms with van der Waals surface area (Å²) >= 11 is 0. The number of urea groups is 2. The predicted molar refractivity (Wildman–Crippen MR) is 188 cm³/mol. The molecule has 0 unspecified atom stereocenters. The van der Waals surface area contributed by atoms with Gasteiger partial charge in [0.25, 0.3) is 0 Å². The molecule has 0 saturated carbocycles. The van der Waals surface area contributed by atoms with Crippen LogP contribution in [-0.2, 0) is 34.0 Å². The van der Waals surface area contributed by atoms with Crippen molar-refractivity contribution in [2.75, 3.05) is 23.7 Å². The minimum atomic E-state index is -1.80. The van der Waals surface area contributed by atoms with Gasteiger partial charge in [0, 0.05) is 22.5 Å². The van der Waals surface area contributed by atoms with Crippen molar-refractivity contribution >= 4 is 35.3 Å². The van der Waals surface area contributed by atoms with Gasteiger partial charge in [-0.2, -0.15) is 0 Å². The quantitative estimate of drug-likeness (QED) is 0.195. The van der Waals surface area contributed by atoms with Crippen LogP contribution in [0.25, 0.3) is 0 Å². The van der Waals surface area contributed by atoms with E-state index in [4.69, 9.17) is 0 Å². The Labute approximate surface area is 297 Å². The Morgan fingerprint density at radius 1 is 0.519 bits per heavy atom. The van der Waals surface area contributed by atoms with E-state index < -0.39 is 59.9 Å². The lowest BCUT2D eigenvalue weighted by Crippen LogP contribution is -2.64. The summed E-state index contributed by atoms with van der Waals surface area (Å²) < 4.78 is 27.5. The molecule has 5 aromatic rings. The van der Waals surface area contributed by atoms with Crippen molar-refractivity contribution in [2.24, 2.45) is 0 Å². The number of benzene rings is 5. The van der Waals surface area contributed by atoms with E-state index in [2.05, 4.69) is 10.6 Å². The lowest BCUT2D eigenvalue weighted by Gasteiger charge is -2.49. The van der Waals surface area contributed by atoms with Crippen molar-refractivity contribution in [3.05, 3.63) is 167 Å². The first-order valence-electron chi connectivity index (χ1n) is 16.7. The molecule has 8 rings (SSSR count). The molecule has 6 amide bonds. The molecule has 2 N–H and O–H groups in total. The number of hydrogen-bond donors (Lipinski definition) is 2. The first-order chi connectivity index (χ1) is 25.2. The normalized spacial score (nSPS) is 20.3. The fourth-order valence-electron chi connectivity index (χ4n) is 7.95. The molecule has 0 atom stereocenters. The average molecular weight is 699 g/mol. The summed E-state index contributed by atoms with van der Waals surface area (Å²) in [4.78, 5) is 64.5. The highest BCUT2D eigenvalue weighted by Gasteiger charge is 2.80. The standard InChI is InChI=1S/C40H32F2N6O4/c41-31-15-19-33(20-16-31)43-35(49)25-47-37(51)45-23-27-9-7-8-10-28(27)24-46-38(52)48(26-36(50)44-34-21-17-32(42)18-22-34)40(47,30-13-5-2-6-14-30)39(45,46)29-11-3-1-4-12-29/h1-22H,23-26H2,(H,43,49)(H,44,50). The number of nitrogens with zero attached hydrogens (tertiary/aromatic N) is 4. The van der Waals surface area contributed by atoms with Gasteiger partial charge >= 0.3 is 12.1 Å². The van der Waals surface area contributed by atoms with Crippen LogP contribution in [0.15, 0.2) is 133 Å². The molecular formula is C40H32F2N6O4. The van der Waals surface area contributed by atoms with Crippen molar-refractivity contribution < 1.29 is 28.0 Å². The van der Waals surface area contributed by atoms with Crippen LogP contribution >= 0.6 is 0 Å². The van der Waals surface area contributed by atoms with Gasteiger partial charge in [0.05, 0.1) is 13.1 Å². The Hall–Kier alpha value is -6.56. The van der Waals surface area contributed by atoms with Crippen molar-refractivity contribution in [2.45, 2.75) is 24.4 Å². The van der Waals surface area contributed by atoms with Crippen LogP contribution in [0.5, 0.6) is 0 Å². The van der Waals surface area contributed by atoms with Gasteiger partial charge in [-0.25, -0.2) is 18.4 Å². The highest BCUT2D eigenvalue weighted by atomic mass is 19.1. The molecule has 0 spiro atoms. The molecule has 260 valence electrons. The third-order valence-electron chi connectivity index (χ3n) is 9.96. The van der Waals surface area contributed by atoms with Gasteiger partial charge in [-0.05, 0) is 59.7 Å². The van der Waals surface area contributed by atoms with Gasteiger partial charge in [0.1, 0.15) is 24.7 Å². The lowest BCUT2D eigenvalue weighted by atomic mass is 9.79. The SMILES string of the molecule is O=C(CN1C(=O)N2Cc3ccccc3CN3C(=O)N(CC(=O)Nc4ccc(F)cc4)C1(c1ccccc1)C23c1ccccc1)Nc1ccc(F)cc1. The summed E-state index contributed by atoms with van der Waals surface area (Å²) in [7, 11) is 0. The Morgan fingerprint density at radius 3 is 1.29 bits per heavy atom. The number of hydrogen-bond acceptors (Lipinski definition) is 4. The Kier molecular flexibility index (Phi) is 7.93. The fraction of sp³-hybridized carbons (Fsp3) is 0.150. The fourth-order valence-corrected chi connectivity index (χ4v) is 7.95. The lowest BCUT2D eigenvalue weighted by molar-refractivity contribution is -0.125. The summed E-state index contributed by atoms with van der Waals surface area (Å²) in [6.45, 7) is -0.883. The van der Waals surface area contributed by atoms with Gasteiger partial charge in [0.2, 0.25) is 11.8 Å². The van der Waals surface area contributed by atoms with Crippen LogP contribution < -0.4 is 10.6 Å². The number of carbonyl (C=O) groups is 4. The largest absolute Gasteiger partial charge is 0.325 e. The van der Waals surface area contributed by atoms with Crippen LogP contribution in [-0.4, -0.2) is 56.6 Å². The van der Waals surface area contributed by atoms with Crippen LogP contribution in [0.1, 0.15) is 22.3 Å². The van der Waals surface area contributed by atoms with E-state index in [0.29, 0.717) is 22.5 Å². The Morgan fingerprint density at radius 2 is 0.885 bits per heavy atom. The average Bonchev–Trinajstić information content (AvgIpc) is 3.39. The maximum absolute atomic E-state index is 15.3. The van der Waals surface area contributed by atoms with E-state index in [1.807, 2.05) is 54.6 Å². The van der Waals surface area contributed by atoms with E-state index in [1.165, 1.54) is 58.3 Å². The maximum Gasteiger partial charge on any atom is 0.325 e. The van der Waals surface area contributed by atoms with Gasteiger partial charge in [-0.15, -0.1) is 0 Å². The predicted octanol–water partition coefficient (Wildman–Crippen LogP) is 6.44. The van der Waals surface area contributed by atoms with E-state index in [9.17, 15) is 18.4 Å². The zero-order chi connectivity index (χ0) is 36.0. The molecule has 0 aliphatic carbocycles. The molecule has 2 fully saturated rings. The number of anilines is 2. The third kappa shape index (κ3) is 4.97. The topological polar surface area (TPSA) is 105 Å². The summed E-state index contributed by atoms with van der Waals surface area (Å²) in [5, 5.41) is 5.53. The van der Waals surface area contributed by atoms with Crippen LogP contribution in [0.3, 0.4) is 0 Å². The van der Waals surface area contributed by atoms with Gasteiger partial charge in [-0.1, -0.05) is 84.9 Å². The molecule has 52 heavy (non-hydrogen) atoms. The second kappa shape index (κ2) is 12.6. The zero-order valence-electron chi connectivity index (χ0n) is 27.7. The highest BCUT2D eigenvalue weighted by molar-refractivity contribution is 5.99. The van der Waals surface area contributed by atoms with Crippen LogP contribution in [0.2, 0.25) is 0 Å². The van der Waals surface area contributed by atoms with E-state index >= 15 is 9.59 Å². The maximum atomic E-state index is 15.3. The summed E-state index contributed by atoms with van der Waals surface area (Å²) in [5.41, 5.74) is -0.0411. The number of carbonyl (C=O) groups excluding carboxylic acids is 4. The number of fused-ring (bicyclic) bond motifs is 1. The minimum Gasteiger partial charge on any atom is -0.325 e. The van der Waals surface area contributed by atoms with E-state index in [0.717, 1.165) is 11.1 Å². The molecule has 0 radical (unpaired) electrons. The first kappa shape index (κ1) is 32.6. The van der Waals surface area contributed by atoms with E-state index in [1.54, 1.807) is 40.1 Å². The molecule has 3 heterocycles. The van der Waals surface area contributed by atoms with Crippen LogP contribution in [0, 0.1) is 11.6 Å². The molecular weight excluding hydrogens is 666 g/mol. The first-order valence-corrected chi connectivity index (χ1v) is 16.7. The van der Waals surface area contributed by atoms with Gasteiger partial charge in [0.15, 0.2) is 11.3 Å². The van der Waals surface area contributed by atoms with Crippen molar-refractivity contribution in [3.63, 3.8) is 0 Å². The Bertz CT molecular complexity index is 2070. The van der Waals surface area contributed by atoms with Crippen molar-refractivity contribution in [1.82, 2.24) is 19.6 Å².